The summed E-state index contributed by atoms with van der Waals surface area (Å²) in [5.41, 5.74) is -1.55. The number of β-amino-alcohol motifs (C(OH)–C–C–N with tert-alkyl or cyclic N) is 1. The smallest absolute Gasteiger partial charge is 0.312 e. The summed E-state index contributed by atoms with van der Waals surface area (Å²) < 4.78 is 17.6. The van der Waals surface area contributed by atoms with Gasteiger partial charge >= 0.3 is 5.97 Å². The van der Waals surface area contributed by atoms with E-state index in [2.05, 4.69) is 13.2 Å². The summed E-state index contributed by atoms with van der Waals surface area (Å²) in [6.45, 7) is 11.4. The molecule has 1 aromatic carbocycles. The third-order valence-electron chi connectivity index (χ3n) is 8.65. The van der Waals surface area contributed by atoms with Crippen LogP contribution in [0.15, 0.2) is 49.6 Å². The maximum Gasteiger partial charge on any atom is 0.312 e. The van der Waals surface area contributed by atoms with Gasteiger partial charge in [0.25, 0.3) is 5.91 Å². The van der Waals surface area contributed by atoms with Crippen LogP contribution in [0, 0.1) is 17.8 Å². The second kappa shape index (κ2) is 11.5. The first-order chi connectivity index (χ1) is 18.7. The zero-order valence-corrected chi connectivity index (χ0v) is 23.1. The van der Waals surface area contributed by atoms with Crippen molar-refractivity contribution >= 4 is 23.5 Å². The van der Waals surface area contributed by atoms with Crippen molar-refractivity contribution in [1.29, 1.82) is 0 Å². The van der Waals surface area contributed by atoms with Crippen LogP contribution in [-0.2, 0) is 23.9 Å². The predicted octanol–water partition coefficient (Wildman–Crippen LogP) is 3.12. The lowest BCUT2D eigenvalue weighted by Gasteiger charge is -2.37. The van der Waals surface area contributed by atoms with Crippen LogP contribution < -0.4 is 9.64 Å². The predicted molar refractivity (Wildman–Crippen MR) is 146 cm³/mol. The number of aliphatic hydroxyl groups excluding tert-OH is 1. The Morgan fingerprint density at radius 2 is 1.95 bits per heavy atom. The minimum Gasteiger partial charge on any atom is -0.497 e. The van der Waals surface area contributed by atoms with E-state index in [0.717, 1.165) is 12.8 Å². The monoisotopic (exact) mass is 540 g/mol. The highest BCUT2D eigenvalue weighted by molar-refractivity contribution is 6.04. The Kier molecular flexibility index (Phi) is 8.51. The first-order valence-corrected chi connectivity index (χ1v) is 13.7. The molecule has 212 valence electrons. The molecule has 0 aromatic heterocycles. The number of ether oxygens (including phenoxy) is 3. The summed E-state index contributed by atoms with van der Waals surface area (Å²) in [5.74, 6) is -2.36. The minimum atomic E-state index is -1.21. The van der Waals surface area contributed by atoms with E-state index in [1.807, 2.05) is 19.9 Å². The van der Waals surface area contributed by atoms with Crippen molar-refractivity contribution in [3.8, 4) is 5.75 Å². The number of carbonyl (C=O) groups excluding carboxylic acids is 3. The fraction of sp³-hybridized carbons (Fsp3) is 0.567. The summed E-state index contributed by atoms with van der Waals surface area (Å²) in [7, 11) is 1.57. The second-order valence-electron chi connectivity index (χ2n) is 10.8. The summed E-state index contributed by atoms with van der Waals surface area (Å²) in [6, 6.07) is 6.04. The van der Waals surface area contributed by atoms with Gasteiger partial charge in [-0.15, -0.1) is 13.2 Å². The maximum absolute atomic E-state index is 14.4. The van der Waals surface area contributed by atoms with Crippen LogP contribution in [0.3, 0.4) is 0 Å². The van der Waals surface area contributed by atoms with Gasteiger partial charge < -0.3 is 29.1 Å². The summed E-state index contributed by atoms with van der Waals surface area (Å²) in [4.78, 5) is 44.8. The number of hydrogen-bond donors (Lipinski definition) is 1. The molecule has 3 aliphatic heterocycles. The molecule has 3 aliphatic rings. The molecular weight excluding hydrogens is 500 g/mol. The zero-order chi connectivity index (χ0) is 28.4. The van der Waals surface area contributed by atoms with Crippen molar-refractivity contribution in [2.45, 2.75) is 56.8 Å². The van der Waals surface area contributed by atoms with Crippen LogP contribution in [0.2, 0.25) is 0 Å². The fourth-order valence-electron chi connectivity index (χ4n) is 6.74. The highest BCUT2D eigenvalue weighted by atomic mass is 16.6. The van der Waals surface area contributed by atoms with E-state index in [9.17, 15) is 19.5 Å². The molecule has 3 saturated heterocycles. The molecule has 3 fully saturated rings. The number of fused-ring (bicyclic) bond motifs is 1. The first kappa shape index (κ1) is 28.8. The van der Waals surface area contributed by atoms with Gasteiger partial charge in [0.05, 0.1) is 31.8 Å². The lowest BCUT2D eigenvalue weighted by atomic mass is 9.62. The van der Waals surface area contributed by atoms with E-state index < -0.39 is 35.0 Å². The van der Waals surface area contributed by atoms with Crippen molar-refractivity contribution in [2.75, 3.05) is 38.3 Å². The van der Waals surface area contributed by atoms with Crippen LogP contribution >= 0.6 is 0 Å². The Balaban J connectivity index is 1.70. The SMILES string of the molecule is C=CCCCCOC(=O)[C@@H]1[C@H]2C(=O)N(CCO)C(C(=O)N(CC=C)c3ccc(OC)cc3)C23CC(C)[C@@]1(C)O3. The molecule has 1 aromatic rings. The number of hydrogen-bond acceptors (Lipinski definition) is 7. The summed E-state index contributed by atoms with van der Waals surface area (Å²) in [5, 5.41) is 9.87. The number of nitrogens with zero attached hydrogens (tertiary/aromatic N) is 2. The fourth-order valence-corrected chi connectivity index (χ4v) is 6.74. The summed E-state index contributed by atoms with van der Waals surface area (Å²) in [6.07, 6.45) is 6.25. The molecule has 39 heavy (non-hydrogen) atoms. The van der Waals surface area contributed by atoms with E-state index in [-0.39, 0.29) is 44.0 Å². The van der Waals surface area contributed by atoms with Crippen molar-refractivity contribution in [3.05, 3.63) is 49.6 Å². The molecule has 0 aliphatic carbocycles. The number of methoxy groups -OCH3 is 1. The Hall–Kier alpha value is -3.17. The first-order valence-electron chi connectivity index (χ1n) is 13.7. The molecule has 3 heterocycles. The van der Waals surface area contributed by atoms with E-state index in [4.69, 9.17) is 14.2 Å². The summed E-state index contributed by atoms with van der Waals surface area (Å²) >= 11 is 0. The lowest BCUT2D eigenvalue weighted by Crippen LogP contribution is -2.57. The zero-order valence-electron chi connectivity index (χ0n) is 23.1. The van der Waals surface area contributed by atoms with Gasteiger partial charge in [0, 0.05) is 18.8 Å². The molecule has 2 bridgehead atoms. The van der Waals surface area contributed by atoms with Gasteiger partial charge in [-0.05, 0) is 62.8 Å². The number of aliphatic hydroxyl groups is 1. The minimum absolute atomic E-state index is 0.0458. The van der Waals surface area contributed by atoms with Gasteiger partial charge in [0.1, 0.15) is 23.3 Å². The van der Waals surface area contributed by atoms with Gasteiger partial charge in [0.2, 0.25) is 5.91 Å². The van der Waals surface area contributed by atoms with E-state index in [1.54, 1.807) is 42.4 Å². The van der Waals surface area contributed by atoms with E-state index in [0.29, 0.717) is 24.3 Å². The van der Waals surface area contributed by atoms with Gasteiger partial charge in [-0.2, -0.15) is 0 Å². The normalized spacial score (nSPS) is 30.7. The van der Waals surface area contributed by atoms with Crippen molar-refractivity contribution < 1.29 is 33.7 Å². The van der Waals surface area contributed by atoms with Crippen molar-refractivity contribution in [2.24, 2.45) is 17.8 Å². The molecule has 2 amide bonds. The second-order valence-corrected chi connectivity index (χ2v) is 10.8. The van der Waals surface area contributed by atoms with Crippen LogP contribution in [-0.4, -0.2) is 78.4 Å². The average molecular weight is 541 g/mol. The molecule has 1 spiro atoms. The largest absolute Gasteiger partial charge is 0.497 e. The van der Waals surface area contributed by atoms with Gasteiger partial charge in [0.15, 0.2) is 0 Å². The number of benzene rings is 1. The molecule has 0 saturated carbocycles. The molecule has 6 atom stereocenters. The molecule has 4 rings (SSSR count). The van der Waals surface area contributed by atoms with Gasteiger partial charge in [-0.3, -0.25) is 14.4 Å². The quantitative estimate of drug-likeness (QED) is 0.233. The van der Waals surface area contributed by atoms with E-state index in [1.165, 1.54) is 4.90 Å². The number of allylic oxidation sites excluding steroid dienone is 1. The third kappa shape index (κ3) is 4.76. The van der Waals surface area contributed by atoms with Gasteiger partial charge in [-0.1, -0.05) is 19.1 Å². The Labute approximate surface area is 230 Å². The van der Waals surface area contributed by atoms with Crippen LogP contribution in [0.4, 0.5) is 5.69 Å². The highest BCUT2D eigenvalue weighted by Crippen LogP contribution is 2.65. The Bertz CT molecular complexity index is 1110. The number of amides is 2. The van der Waals surface area contributed by atoms with Crippen LogP contribution in [0.25, 0.3) is 0 Å². The van der Waals surface area contributed by atoms with E-state index >= 15 is 0 Å². The van der Waals surface area contributed by atoms with Gasteiger partial charge in [-0.25, -0.2) is 0 Å². The standard InChI is InChI=1S/C30H40N2O7/c1-6-8-9-10-18-38-28(36)24-23-26(34)32(16-17-33)25(30(23)19-20(3)29(24,4)39-30)27(35)31(15-7-2)21-11-13-22(37-5)14-12-21/h6-7,11-14,20,23-25,33H,1-2,8-10,15-19H2,3-5H3/t20?,23-,24-,25?,29+,30?/m0/s1. The molecule has 3 unspecified atom stereocenters. The number of anilines is 1. The highest BCUT2D eigenvalue weighted by Gasteiger charge is 2.80. The number of unbranched alkanes of at least 4 members (excludes halogenated alkanes) is 2. The third-order valence-corrected chi connectivity index (χ3v) is 8.65. The molecule has 9 heteroatoms. The maximum atomic E-state index is 14.4. The van der Waals surface area contributed by atoms with Crippen LogP contribution in [0.1, 0.15) is 39.5 Å². The molecule has 9 nitrogen and oxygen atoms in total. The van der Waals surface area contributed by atoms with Crippen molar-refractivity contribution in [1.82, 2.24) is 4.90 Å². The molecule has 0 radical (unpaired) electrons. The lowest BCUT2D eigenvalue weighted by molar-refractivity contribution is -0.161. The number of esters is 1. The Morgan fingerprint density at radius 3 is 2.56 bits per heavy atom. The topological polar surface area (TPSA) is 106 Å². The number of carbonyl (C=O) groups is 3. The van der Waals surface area contributed by atoms with Crippen LogP contribution in [0.5, 0.6) is 5.75 Å². The Morgan fingerprint density at radius 1 is 1.23 bits per heavy atom. The average Bonchev–Trinajstić information content (AvgIpc) is 3.43. The number of likely N-dealkylation sites (tertiary alicyclic amines) is 1. The molecule has 1 N–H and O–H groups in total. The van der Waals surface area contributed by atoms with Crippen molar-refractivity contribution in [3.63, 3.8) is 0 Å². The molecular formula is C30H40N2O7. The number of rotatable bonds is 13.